The van der Waals surface area contributed by atoms with E-state index < -0.39 is 30.5 Å². The summed E-state index contributed by atoms with van der Waals surface area (Å²) in [5, 5.41) is 2.56. The van der Waals surface area contributed by atoms with E-state index in [4.69, 9.17) is 9.47 Å². The van der Waals surface area contributed by atoms with Crippen molar-refractivity contribution < 1.29 is 23.9 Å². The fraction of sp³-hybridized carbons (Fsp3) is 0.250. The molecular weight excluding hydrogens is 334 g/mol. The van der Waals surface area contributed by atoms with E-state index in [0.29, 0.717) is 0 Å². The quantitative estimate of drug-likeness (QED) is 0.736. The summed E-state index contributed by atoms with van der Waals surface area (Å²) in [7, 11) is 0. The second-order valence-corrected chi connectivity index (χ2v) is 5.69. The van der Waals surface area contributed by atoms with E-state index in [9.17, 15) is 14.4 Å². The average Bonchev–Trinajstić information content (AvgIpc) is 2.65. The Bertz CT molecular complexity index is 730. The van der Waals surface area contributed by atoms with Crippen LogP contribution in [-0.2, 0) is 32.1 Å². The molecular formula is C20H21NO5. The van der Waals surface area contributed by atoms with Crippen LogP contribution in [0.15, 0.2) is 60.7 Å². The normalized spacial score (nSPS) is 11.3. The van der Waals surface area contributed by atoms with Crippen molar-refractivity contribution in [2.24, 2.45) is 0 Å². The van der Waals surface area contributed by atoms with Crippen LogP contribution < -0.4 is 5.32 Å². The number of benzene rings is 2. The van der Waals surface area contributed by atoms with Crippen LogP contribution in [0.3, 0.4) is 0 Å². The molecule has 136 valence electrons. The molecule has 0 saturated carbocycles. The van der Waals surface area contributed by atoms with E-state index in [1.807, 2.05) is 60.7 Å². The highest BCUT2D eigenvalue weighted by Gasteiger charge is 2.22. The minimum atomic E-state index is -0.847. The molecule has 0 radical (unpaired) electrons. The summed E-state index contributed by atoms with van der Waals surface area (Å²) < 4.78 is 9.91. The smallest absolute Gasteiger partial charge is 0.408 e. The number of Topliss-reactive ketones (excluding diaryl/α,β-unsaturated/α-hetero) is 1. The number of carbonyl (C=O) groups excluding carboxylic acids is 3. The lowest BCUT2D eigenvalue weighted by Crippen LogP contribution is -2.44. The molecule has 0 aliphatic rings. The number of carbonyl (C=O) groups is 3. The van der Waals surface area contributed by atoms with Gasteiger partial charge in [-0.25, -0.2) is 4.79 Å². The van der Waals surface area contributed by atoms with Gasteiger partial charge in [-0.3, -0.25) is 9.59 Å². The van der Waals surface area contributed by atoms with Crippen LogP contribution in [0.2, 0.25) is 0 Å². The highest BCUT2D eigenvalue weighted by molar-refractivity contribution is 5.89. The van der Waals surface area contributed by atoms with Gasteiger partial charge >= 0.3 is 12.1 Å². The molecule has 0 heterocycles. The molecule has 2 rings (SSSR count). The van der Waals surface area contributed by atoms with E-state index in [1.54, 1.807) is 0 Å². The van der Waals surface area contributed by atoms with Gasteiger partial charge in [0.25, 0.3) is 0 Å². The van der Waals surface area contributed by atoms with Gasteiger partial charge < -0.3 is 14.8 Å². The number of rotatable bonds is 8. The van der Waals surface area contributed by atoms with Gasteiger partial charge in [0.05, 0.1) is 6.04 Å². The zero-order valence-electron chi connectivity index (χ0n) is 14.5. The molecule has 2 aromatic carbocycles. The molecule has 1 N–H and O–H groups in total. The topological polar surface area (TPSA) is 81.7 Å². The summed E-state index contributed by atoms with van der Waals surface area (Å²) in [5.74, 6) is -0.954. The minimum Gasteiger partial charge on any atom is -0.458 e. The van der Waals surface area contributed by atoms with Gasteiger partial charge in [0.15, 0.2) is 12.4 Å². The number of hydrogen-bond donors (Lipinski definition) is 1. The van der Waals surface area contributed by atoms with E-state index in [2.05, 4.69) is 5.32 Å². The van der Waals surface area contributed by atoms with Gasteiger partial charge in [-0.05, 0) is 11.1 Å². The number of nitrogens with one attached hydrogen (secondary N) is 1. The molecule has 6 nitrogen and oxygen atoms in total. The van der Waals surface area contributed by atoms with Gasteiger partial charge in [-0.2, -0.15) is 0 Å². The highest BCUT2D eigenvalue weighted by atomic mass is 16.5. The second kappa shape index (κ2) is 9.98. The summed E-state index contributed by atoms with van der Waals surface area (Å²) in [6.07, 6.45) is -0.424. The number of ketones is 1. The van der Waals surface area contributed by atoms with Crippen molar-refractivity contribution in [2.45, 2.75) is 26.0 Å². The maximum atomic E-state index is 12.3. The average molecular weight is 355 g/mol. The van der Waals surface area contributed by atoms with Crippen molar-refractivity contribution in [3.8, 4) is 0 Å². The summed E-state index contributed by atoms with van der Waals surface area (Å²) in [6, 6.07) is 17.6. The molecule has 0 aromatic heterocycles. The second-order valence-electron chi connectivity index (χ2n) is 5.69. The van der Waals surface area contributed by atoms with Crippen molar-refractivity contribution in [3.63, 3.8) is 0 Å². The first-order valence-electron chi connectivity index (χ1n) is 8.22. The fourth-order valence-electron chi connectivity index (χ4n) is 2.28. The molecule has 0 saturated heterocycles. The zero-order chi connectivity index (χ0) is 18.8. The predicted molar refractivity (Wildman–Crippen MR) is 95.3 cm³/mol. The first-order chi connectivity index (χ1) is 12.5. The zero-order valence-corrected chi connectivity index (χ0v) is 14.5. The molecule has 0 fully saturated rings. The Morgan fingerprint density at radius 1 is 0.885 bits per heavy atom. The number of hydrogen-bond acceptors (Lipinski definition) is 5. The van der Waals surface area contributed by atoms with E-state index in [1.165, 1.54) is 6.92 Å². The lowest BCUT2D eigenvalue weighted by Gasteiger charge is -2.17. The van der Waals surface area contributed by atoms with Crippen molar-refractivity contribution in [2.75, 3.05) is 6.61 Å². The minimum absolute atomic E-state index is 0.100. The third kappa shape index (κ3) is 6.76. The van der Waals surface area contributed by atoms with Crippen molar-refractivity contribution >= 4 is 17.8 Å². The molecule has 2 aromatic rings. The van der Waals surface area contributed by atoms with E-state index >= 15 is 0 Å². The lowest BCUT2D eigenvalue weighted by molar-refractivity contribution is -0.146. The molecule has 0 unspecified atom stereocenters. The van der Waals surface area contributed by atoms with Crippen LogP contribution in [0, 0.1) is 0 Å². The van der Waals surface area contributed by atoms with Crippen LogP contribution in [0.25, 0.3) is 0 Å². The lowest BCUT2D eigenvalue weighted by atomic mass is 10.0. The van der Waals surface area contributed by atoms with E-state index in [0.717, 1.165) is 11.1 Å². The summed E-state index contributed by atoms with van der Waals surface area (Å²) in [4.78, 5) is 35.3. The van der Waals surface area contributed by atoms with Crippen LogP contribution in [0.1, 0.15) is 18.1 Å². The molecule has 0 spiro atoms. The first-order valence-corrected chi connectivity index (χ1v) is 8.22. The Morgan fingerprint density at radius 2 is 1.46 bits per heavy atom. The summed E-state index contributed by atoms with van der Waals surface area (Å²) >= 11 is 0. The van der Waals surface area contributed by atoms with Crippen LogP contribution in [-0.4, -0.2) is 30.5 Å². The van der Waals surface area contributed by atoms with E-state index in [-0.39, 0.29) is 13.0 Å². The van der Waals surface area contributed by atoms with Crippen molar-refractivity contribution in [3.05, 3.63) is 71.8 Å². The Hall–Kier alpha value is -3.15. The molecule has 6 heteroatoms. The van der Waals surface area contributed by atoms with Crippen molar-refractivity contribution in [1.82, 2.24) is 5.32 Å². The fourth-order valence-corrected chi connectivity index (χ4v) is 2.28. The molecule has 0 aliphatic heterocycles. The standard InChI is InChI=1S/C20H21NO5/c1-15(22)25-14-19(23)18(12-16-8-4-2-5-9-16)21-20(24)26-13-17-10-6-3-7-11-17/h2-11,18H,12-14H2,1H3,(H,21,24)/t18-/m0/s1. The van der Waals surface area contributed by atoms with Crippen LogP contribution >= 0.6 is 0 Å². The largest absolute Gasteiger partial charge is 0.458 e. The predicted octanol–water partition coefficient (Wildman–Crippen LogP) is 2.66. The molecule has 1 amide bonds. The third-order valence-electron chi connectivity index (χ3n) is 3.59. The van der Waals surface area contributed by atoms with Gasteiger partial charge in [0.2, 0.25) is 0 Å². The molecule has 0 aliphatic carbocycles. The first kappa shape index (κ1) is 19.2. The summed E-state index contributed by atoms with van der Waals surface area (Å²) in [6.45, 7) is 0.926. The Morgan fingerprint density at radius 3 is 2.04 bits per heavy atom. The number of alkyl carbamates (subject to hydrolysis) is 1. The monoisotopic (exact) mass is 355 g/mol. The summed E-state index contributed by atoms with van der Waals surface area (Å²) in [5.41, 5.74) is 1.71. The van der Waals surface area contributed by atoms with Crippen LogP contribution in [0.5, 0.6) is 0 Å². The number of amides is 1. The molecule has 0 bridgehead atoms. The Labute approximate surface area is 152 Å². The van der Waals surface area contributed by atoms with Crippen LogP contribution in [0.4, 0.5) is 4.79 Å². The SMILES string of the molecule is CC(=O)OCC(=O)[C@H](Cc1ccccc1)NC(=O)OCc1ccccc1. The Balaban J connectivity index is 1.96. The number of ether oxygens (including phenoxy) is 2. The molecule has 26 heavy (non-hydrogen) atoms. The molecule has 1 atom stereocenters. The third-order valence-corrected chi connectivity index (χ3v) is 3.59. The number of esters is 1. The van der Waals surface area contributed by atoms with Crippen molar-refractivity contribution in [1.29, 1.82) is 0 Å². The van der Waals surface area contributed by atoms with Gasteiger partial charge in [-0.15, -0.1) is 0 Å². The van der Waals surface area contributed by atoms with Gasteiger partial charge in [-0.1, -0.05) is 60.7 Å². The maximum Gasteiger partial charge on any atom is 0.408 e. The highest BCUT2D eigenvalue weighted by Crippen LogP contribution is 2.06. The Kier molecular flexibility index (Phi) is 7.36. The van der Waals surface area contributed by atoms with Gasteiger partial charge in [0.1, 0.15) is 6.61 Å². The maximum absolute atomic E-state index is 12.3. The van der Waals surface area contributed by atoms with Gasteiger partial charge in [0, 0.05) is 13.3 Å².